The topological polar surface area (TPSA) is 58.2 Å². The second kappa shape index (κ2) is 6.00. The van der Waals surface area contributed by atoms with Crippen LogP contribution < -0.4 is 10.6 Å². The van der Waals surface area contributed by atoms with Crippen LogP contribution in [-0.2, 0) is 17.6 Å². The highest BCUT2D eigenvalue weighted by atomic mass is 32.1. The van der Waals surface area contributed by atoms with E-state index in [9.17, 15) is 9.59 Å². The molecule has 0 atom stereocenters. The molecule has 1 heterocycles. The van der Waals surface area contributed by atoms with E-state index in [0.29, 0.717) is 13.1 Å². The molecule has 18 heavy (non-hydrogen) atoms. The van der Waals surface area contributed by atoms with Gasteiger partial charge in [0.2, 0.25) is 5.91 Å². The van der Waals surface area contributed by atoms with Crippen LogP contribution in [0, 0.1) is 0 Å². The molecule has 0 unspecified atom stereocenters. The molecule has 0 spiro atoms. The second-order valence-corrected chi connectivity index (χ2v) is 5.64. The maximum atomic E-state index is 11.9. The van der Waals surface area contributed by atoms with Gasteiger partial charge in [-0.2, -0.15) is 0 Å². The van der Waals surface area contributed by atoms with Gasteiger partial charge < -0.3 is 10.6 Å². The Morgan fingerprint density at radius 1 is 1.22 bits per heavy atom. The fourth-order valence-corrected chi connectivity index (χ4v) is 3.27. The van der Waals surface area contributed by atoms with E-state index in [1.54, 1.807) is 11.3 Å². The molecular weight excluding hydrogens is 248 g/mol. The first-order valence-electron chi connectivity index (χ1n) is 6.31. The number of aryl methyl sites for hydroxylation is 2. The molecule has 2 N–H and O–H groups in total. The highest BCUT2D eigenvalue weighted by Crippen LogP contribution is 2.29. The lowest BCUT2D eigenvalue weighted by Gasteiger charge is -2.08. The zero-order valence-corrected chi connectivity index (χ0v) is 11.4. The molecule has 1 aliphatic rings. The number of hydrogen-bond donors (Lipinski definition) is 2. The summed E-state index contributed by atoms with van der Waals surface area (Å²) in [6.07, 6.45) is 4.68. The molecule has 2 amide bonds. The fourth-order valence-electron chi connectivity index (χ4n) is 2.10. The highest BCUT2D eigenvalue weighted by molar-refractivity contribution is 7.14. The summed E-state index contributed by atoms with van der Waals surface area (Å²) < 4.78 is 0. The van der Waals surface area contributed by atoms with E-state index in [0.717, 1.165) is 17.7 Å². The number of thiophene rings is 1. The Balaban J connectivity index is 1.85. The Morgan fingerprint density at radius 3 is 2.67 bits per heavy atom. The van der Waals surface area contributed by atoms with E-state index < -0.39 is 0 Å². The SMILES string of the molecule is CC(=O)NCCNC(=O)c1cc2c(s1)CCCC2. The van der Waals surface area contributed by atoms with Crippen molar-refractivity contribution in [2.24, 2.45) is 0 Å². The quantitative estimate of drug-likeness (QED) is 0.811. The number of carbonyl (C=O) groups excluding carboxylic acids is 2. The van der Waals surface area contributed by atoms with E-state index in [4.69, 9.17) is 0 Å². The number of nitrogens with one attached hydrogen (secondary N) is 2. The van der Waals surface area contributed by atoms with E-state index >= 15 is 0 Å². The fraction of sp³-hybridized carbons (Fsp3) is 0.538. The van der Waals surface area contributed by atoms with Crippen molar-refractivity contribution in [3.8, 4) is 0 Å². The van der Waals surface area contributed by atoms with Gasteiger partial charge in [-0.25, -0.2) is 0 Å². The Bertz CT molecular complexity index is 430. The van der Waals surface area contributed by atoms with Crippen LogP contribution in [0.25, 0.3) is 0 Å². The Labute approximate surface area is 111 Å². The minimum Gasteiger partial charge on any atom is -0.355 e. The average Bonchev–Trinajstić information content (AvgIpc) is 2.78. The van der Waals surface area contributed by atoms with Crippen LogP contribution in [0.15, 0.2) is 6.07 Å². The van der Waals surface area contributed by atoms with Crippen LogP contribution in [-0.4, -0.2) is 24.9 Å². The lowest BCUT2D eigenvalue weighted by molar-refractivity contribution is -0.118. The van der Waals surface area contributed by atoms with Gasteiger partial charge in [0.15, 0.2) is 0 Å². The summed E-state index contributed by atoms with van der Waals surface area (Å²) in [5.74, 6) is -0.101. The Kier molecular flexibility index (Phi) is 4.36. The van der Waals surface area contributed by atoms with Crippen LogP contribution >= 0.6 is 11.3 Å². The zero-order valence-electron chi connectivity index (χ0n) is 10.5. The van der Waals surface area contributed by atoms with Crippen LogP contribution in [0.3, 0.4) is 0 Å². The predicted molar refractivity (Wildman–Crippen MR) is 72.0 cm³/mol. The van der Waals surface area contributed by atoms with Gasteiger partial charge in [0.25, 0.3) is 5.91 Å². The number of fused-ring (bicyclic) bond motifs is 1. The van der Waals surface area contributed by atoms with Gasteiger partial charge in [-0.1, -0.05) is 0 Å². The van der Waals surface area contributed by atoms with Gasteiger partial charge in [-0.05, 0) is 37.3 Å². The maximum absolute atomic E-state index is 11.9. The molecule has 0 bridgehead atoms. The van der Waals surface area contributed by atoms with Gasteiger partial charge >= 0.3 is 0 Å². The summed E-state index contributed by atoms with van der Waals surface area (Å²) in [6.45, 7) is 2.42. The summed E-state index contributed by atoms with van der Waals surface area (Å²) in [5.41, 5.74) is 1.35. The van der Waals surface area contributed by atoms with Crippen molar-refractivity contribution in [1.82, 2.24) is 10.6 Å². The minimum absolute atomic E-state index is 0.0280. The molecule has 1 aromatic rings. The average molecular weight is 266 g/mol. The van der Waals surface area contributed by atoms with E-state index in [1.165, 1.54) is 30.2 Å². The number of rotatable bonds is 4. The molecule has 0 radical (unpaired) electrons. The molecule has 4 nitrogen and oxygen atoms in total. The van der Waals surface area contributed by atoms with Crippen molar-refractivity contribution < 1.29 is 9.59 Å². The lowest BCUT2D eigenvalue weighted by Crippen LogP contribution is -2.33. The standard InChI is InChI=1S/C13H18N2O2S/c1-9(16)14-6-7-15-13(17)12-8-10-4-2-3-5-11(10)18-12/h8H,2-7H2,1H3,(H,14,16)(H,15,17). The molecule has 1 aromatic heterocycles. The van der Waals surface area contributed by atoms with E-state index in [2.05, 4.69) is 10.6 Å². The Morgan fingerprint density at radius 2 is 1.94 bits per heavy atom. The monoisotopic (exact) mass is 266 g/mol. The summed E-state index contributed by atoms with van der Waals surface area (Å²) >= 11 is 1.61. The molecule has 5 heteroatoms. The molecular formula is C13H18N2O2S. The third-order valence-electron chi connectivity index (χ3n) is 3.00. The summed E-state index contributed by atoms with van der Waals surface area (Å²) in [6, 6.07) is 2.02. The normalized spacial score (nSPS) is 13.8. The van der Waals surface area contributed by atoms with Crippen LogP contribution in [0.4, 0.5) is 0 Å². The molecule has 1 aliphatic carbocycles. The molecule has 2 rings (SSSR count). The van der Waals surface area contributed by atoms with Gasteiger partial charge in [0.1, 0.15) is 0 Å². The third kappa shape index (κ3) is 3.32. The van der Waals surface area contributed by atoms with E-state index in [1.807, 2.05) is 6.07 Å². The maximum Gasteiger partial charge on any atom is 0.261 e. The highest BCUT2D eigenvalue weighted by Gasteiger charge is 2.16. The largest absolute Gasteiger partial charge is 0.355 e. The van der Waals surface area contributed by atoms with Gasteiger partial charge in [-0.3, -0.25) is 9.59 Å². The van der Waals surface area contributed by atoms with Crippen LogP contribution in [0.5, 0.6) is 0 Å². The van der Waals surface area contributed by atoms with Crippen molar-refractivity contribution in [3.05, 3.63) is 21.4 Å². The molecule has 0 fully saturated rings. The van der Waals surface area contributed by atoms with Crippen LogP contribution in [0.1, 0.15) is 39.9 Å². The van der Waals surface area contributed by atoms with Gasteiger partial charge in [-0.15, -0.1) is 11.3 Å². The van der Waals surface area contributed by atoms with E-state index in [-0.39, 0.29) is 11.8 Å². The van der Waals surface area contributed by atoms with Crippen LogP contribution in [0.2, 0.25) is 0 Å². The summed E-state index contributed by atoms with van der Waals surface area (Å²) in [7, 11) is 0. The third-order valence-corrected chi connectivity index (χ3v) is 4.24. The second-order valence-electron chi connectivity index (χ2n) is 4.51. The molecule has 0 aliphatic heterocycles. The molecule has 0 aromatic carbocycles. The molecule has 0 saturated carbocycles. The first-order valence-corrected chi connectivity index (χ1v) is 7.12. The van der Waals surface area contributed by atoms with Crippen molar-refractivity contribution in [2.75, 3.05) is 13.1 Å². The van der Waals surface area contributed by atoms with Crippen molar-refractivity contribution in [1.29, 1.82) is 0 Å². The predicted octanol–water partition coefficient (Wildman–Crippen LogP) is 1.49. The Hall–Kier alpha value is -1.36. The smallest absolute Gasteiger partial charge is 0.261 e. The van der Waals surface area contributed by atoms with Gasteiger partial charge in [0.05, 0.1) is 4.88 Å². The number of carbonyl (C=O) groups is 2. The van der Waals surface area contributed by atoms with Gasteiger partial charge in [0, 0.05) is 24.9 Å². The van der Waals surface area contributed by atoms with Crippen molar-refractivity contribution >= 4 is 23.2 Å². The molecule has 0 saturated heterocycles. The number of hydrogen-bond acceptors (Lipinski definition) is 3. The number of amides is 2. The lowest BCUT2D eigenvalue weighted by atomic mass is 9.99. The summed E-state index contributed by atoms with van der Waals surface area (Å²) in [5, 5.41) is 5.47. The van der Waals surface area contributed by atoms with Crippen molar-refractivity contribution in [3.63, 3.8) is 0 Å². The first-order chi connectivity index (χ1) is 8.66. The first kappa shape index (κ1) is 13.1. The zero-order chi connectivity index (χ0) is 13.0. The van der Waals surface area contributed by atoms with Crippen molar-refractivity contribution in [2.45, 2.75) is 32.6 Å². The minimum atomic E-state index is -0.0733. The summed E-state index contributed by atoms with van der Waals surface area (Å²) in [4.78, 5) is 24.7. The molecule has 98 valence electrons.